The third-order valence-electron chi connectivity index (χ3n) is 4.59. The number of hydrogen-bond donors (Lipinski definition) is 2. The van der Waals surface area contributed by atoms with Crippen molar-refractivity contribution in [2.75, 3.05) is 17.2 Å². The summed E-state index contributed by atoms with van der Waals surface area (Å²) in [6, 6.07) is 16.6. The number of benzene rings is 3. The van der Waals surface area contributed by atoms with E-state index in [0.717, 1.165) is 24.3 Å². The molecule has 0 aliphatic heterocycles. The Balaban J connectivity index is 1.77. The summed E-state index contributed by atoms with van der Waals surface area (Å²) in [4.78, 5) is 24.8. The minimum Gasteiger partial charge on any atom is -0.483 e. The second-order valence-electron chi connectivity index (χ2n) is 7.20. The van der Waals surface area contributed by atoms with E-state index >= 15 is 0 Å². The average molecular weight is 534 g/mol. The number of ether oxygens (including phenoxy) is 1. The molecule has 36 heavy (non-hydrogen) atoms. The smallest absolute Gasteiger partial charge is 0.416 e. The van der Waals surface area contributed by atoms with Crippen LogP contribution in [0.1, 0.15) is 11.1 Å². The Morgan fingerprint density at radius 3 is 2.44 bits per heavy atom. The maximum Gasteiger partial charge on any atom is 0.416 e. The SMILES string of the molecule is N#C/C(=C\c1cc(Cl)ccc1OCC(=O)Nc1ccccc1Cl)C(=O)Nc1cccc(C(F)(F)F)c1. The molecule has 0 aliphatic rings. The predicted octanol–water partition coefficient (Wildman–Crippen LogP) is 6.58. The highest BCUT2D eigenvalue weighted by atomic mass is 35.5. The summed E-state index contributed by atoms with van der Waals surface area (Å²) in [7, 11) is 0. The predicted molar refractivity (Wildman–Crippen MR) is 131 cm³/mol. The summed E-state index contributed by atoms with van der Waals surface area (Å²) in [5.74, 6) is -1.33. The number of nitriles is 1. The van der Waals surface area contributed by atoms with Gasteiger partial charge in [-0.1, -0.05) is 41.4 Å². The van der Waals surface area contributed by atoms with Crippen molar-refractivity contribution in [2.45, 2.75) is 6.18 Å². The van der Waals surface area contributed by atoms with Gasteiger partial charge < -0.3 is 15.4 Å². The molecule has 0 fully saturated rings. The van der Waals surface area contributed by atoms with Crippen LogP contribution in [0.15, 0.2) is 72.3 Å². The van der Waals surface area contributed by atoms with Gasteiger partial charge in [0.25, 0.3) is 11.8 Å². The van der Waals surface area contributed by atoms with Crippen LogP contribution in [0.3, 0.4) is 0 Å². The lowest BCUT2D eigenvalue weighted by Gasteiger charge is -2.12. The first kappa shape index (κ1) is 26.6. The lowest BCUT2D eigenvalue weighted by molar-refractivity contribution is -0.137. The van der Waals surface area contributed by atoms with E-state index < -0.39 is 35.7 Å². The third kappa shape index (κ3) is 7.25. The number of nitrogens with zero attached hydrogens (tertiary/aromatic N) is 1. The van der Waals surface area contributed by atoms with Gasteiger partial charge in [-0.15, -0.1) is 0 Å². The van der Waals surface area contributed by atoms with Crippen LogP contribution >= 0.6 is 23.2 Å². The van der Waals surface area contributed by atoms with Gasteiger partial charge in [0.2, 0.25) is 0 Å². The summed E-state index contributed by atoms with van der Waals surface area (Å²) < 4.78 is 44.3. The summed E-state index contributed by atoms with van der Waals surface area (Å²) in [6.45, 7) is -0.425. The first-order chi connectivity index (χ1) is 17.1. The van der Waals surface area contributed by atoms with Crippen LogP contribution in [0.25, 0.3) is 6.08 Å². The van der Waals surface area contributed by atoms with Crippen LogP contribution in [-0.2, 0) is 15.8 Å². The highest BCUT2D eigenvalue weighted by molar-refractivity contribution is 6.33. The molecule has 11 heteroatoms. The second kappa shape index (κ2) is 11.6. The number of carbonyl (C=O) groups is 2. The van der Waals surface area contributed by atoms with E-state index in [1.807, 2.05) is 0 Å². The fraction of sp³-hybridized carbons (Fsp3) is 0.0800. The van der Waals surface area contributed by atoms with E-state index in [4.69, 9.17) is 27.9 Å². The molecule has 3 aromatic carbocycles. The highest BCUT2D eigenvalue weighted by Crippen LogP contribution is 2.31. The maximum absolute atomic E-state index is 12.9. The van der Waals surface area contributed by atoms with E-state index in [1.54, 1.807) is 30.3 Å². The maximum atomic E-state index is 12.9. The largest absolute Gasteiger partial charge is 0.483 e. The Morgan fingerprint density at radius 2 is 1.75 bits per heavy atom. The van der Waals surface area contributed by atoms with E-state index in [2.05, 4.69) is 10.6 Å². The van der Waals surface area contributed by atoms with Crippen LogP contribution in [0, 0.1) is 11.3 Å². The third-order valence-corrected chi connectivity index (χ3v) is 5.16. The molecule has 0 aromatic heterocycles. The number of para-hydroxylation sites is 1. The van der Waals surface area contributed by atoms with Gasteiger partial charge in [-0.3, -0.25) is 9.59 Å². The van der Waals surface area contributed by atoms with Gasteiger partial charge >= 0.3 is 6.18 Å². The second-order valence-corrected chi connectivity index (χ2v) is 8.04. The molecule has 0 heterocycles. The molecule has 0 radical (unpaired) electrons. The summed E-state index contributed by atoms with van der Waals surface area (Å²) in [6.07, 6.45) is -3.45. The van der Waals surface area contributed by atoms with E-state index in [0.29, 0.717) is 10.7 Å². The Kier molecular flexibility index (Phi) is 8.59. The number of rotatable bonds is 7. The molecule has 0 atom stereocenters. The van der Waals surface area contributed by atoms with Crippen LogP contribution in [0.2, 0.25) is 10.0 Å². The molecule has 0 saturated carbocycles. The van der Waals surface area contributed by atoms with Gasteiger partial charge in [0, 0.05) is 16.3 Å². The van der Waals surface area contributed by atoms with Crippen LogP contribution in [0.4, 0.5) is 24.5 Å². The molecular weight excluding hydrogens is 518 g/mol. The molecule has 0 saturated heterocycles. The van der Waals surface area contributed by atoms with Gasteiger partial charge in [-0.25, -0.2) is 0 Å². The number of anilines is 2. The van der Waals surface area contributed by atoms with Gasteiger partial charge in [0.05, 0.1) is 16.3 Å². The van der Waals surface area contributed by atoms with Gasteiger partial charge in [-0.05, 0) is 54.6 Å². The Bertz CT molecular complexity index is 1370. The van der Waals surface area contributed by atoms with Crippen molar-refractivity contribution in [3.8, 4) is 11.8 Å². The number of halogens is 5. The molecule has 6 nitrogen and oxygen atoms in total. The molecular formula is C25H16Cl2F3N3O3. The minimum absolute atomic E-state index is 0.133. The summed E-state index contributed by atoms with van der Waals surface area (Å²) >= 11 is 12.0. The van der Waals surface area contributed by atoms with Crippen molar-refractivity contribution < 1.29 is 27.5 Å². The van der Waals surface area contributed by atoms with Gasteiger partial charge in [0.1, 0.15) is 17.4 Å². The molecule has 3 aromatic rings. The average Bonchev–Trinajstić information content (AvgIpc) is 2.83. The molecule has 3 rings (SSSR count). The molecule has 2 N–H and O–H groups in total. The molecule has 0 spiro atoms. The lowest BCUT2D eigenvalue weighted by atomic mass is 10.1. The van der Waals surface area contributed by atoms with Crippen LogP contribution < -0.4 is 15.4 Å². The zero-order valence-electron chi connectivity index (χ0n) is 18.2. The Hall–Kier alpha value is -4.00. The highest BCUT2D eigenvalue weighted by Gasteiger charge is 2.30. The number of carbonyl (C=O) groups excluding carboxylic acids is 2. The monoisotopic (exact) mass is 533 g/mol. The first-order valence-electron chi connectivity index (χ1n) is 10.1. The molecule has 0 bridgehead atoms. The quantitative estimate of drug-likeness (QED) is 0.265. The summed E-state index contributed by atoms with van der Waals surface area (Å²) in [5, 5.41) is 14.9. The number of hydrogen-bond acceptors (Lipinski definition) is 4. The fourth-order valence-corrected chi connectivity index (χ4v) is 3.30. The van der Waals surface area contributed by atoms with Gasteiger partial charge in [0.15, 0.2) is 6.61 Å². The van der Waals surface area contributed by atoms with Crippen molar-refractivity contribution >= 4 is 52.5 Å². The molecule has 0 aliphatic carbocycles. The molecule has 2 amide bonds. The lowest BCUT2D eigenvalue weighted by Crippen LogP contribution is -2.20. The Labute approximate surface area is 213 Å². The number of nitrogens with one attached hydrogen (secondary N) is 2. The van der Waals surface area contributed by atoms with Crippen LogP contribution in [-0.4, -0.2) is 18.4 Å². The van der Waals surface area contributed by atoms with E-state index in [9.17, 15) is 28.0 Å². The topological polar surface area (TPSA) is 91.2 Å². The zero-order chi connectivity index (χ0) is 26.3. The van der Waals surface area contributed by atoms with Crippen LogP contribution in [0.5, 0.6) is 5.75 Å². The van der Waals surface area contributed by atoms with E-state index in [1.165, 1.54) is 24.3 Å². The van der Waals surface area contributed by atoms with Crippen molar-refractivity contribution in [3.63, 3.8) is 0 Å². The zero-order valence-corrected chi connectivity index (χ0v) is 19.7. The minimum atomic E-state index is -4.60. The van der Waals surface area contributed by atoms with E-state index in [-0.39, 0.29) is 22.0 Å². The van der Waals surface area contributed by atoms with Gasteiger partial charge in [-0.2, -0.15) is 18.4 Å². The Morgan fingerprint density at radius 1 is 1.00 bits per heavy atom. The first-order valence-corrected chi connectivity index (χ1v) is 10.9. The van der Waals surface area contributed by atoms with Crippen molar-refractivity contribution in [1.29, 1.82) is 5.26 Å². The molecule has 184 valence electrons. The van der Waals surface area contributed by atoms with Crippen molar-refractivity contribution in [1.82, 2.24) is 0 Å². The summed E-state index contributed by atoms with van der Waals surface area (Å²) in [5.41, 5.74) is -0.941. The number of amides is 2. The van der Waals surface area contributed by atoms with Crippen molar-refractivity contribution in [3.05, 3.63) is 93.5 Å². The standard InChI is InChI=1S/C25H16Cl2F3N3O3/c26-18-8-9-22(36-14-23(34)33-21-7-2-1-6-20(21)27)15(11-18)10-16(13-31)24(35)32-19-5-3-4-17(12-19)25(28,29)30/h1-12H,14H2,(H,32,35)(H,33,34)/b16-10+. The normalized spacial score (nSPS) is 11.4. The van der Waals surface area contributed by atoms with Crippen molar-refractivity contribution in [2.24, 2.45) is 0 Å². The molecule has 0 unspecified atom stereocenters. The fourth-order valence-electron chi connectivity index (χ4n) is 2.93. The number of alkyl halides is 3.